The summed E-state index contributed by atoms with van der Waals surface area (Å²) in [6.45, 7) is -5.00. The highest BCUT2D eigenvalue weighted by atomic mass is 16.8. The van der Waals surface area contributed by atoms with E-state index in [1.54, 1.807) is 0 Å². The molecule has 0 radical (unpaired) electrons. The second-order valence-corrected chi connectivity index (χ2v) is 8.61. The maximum atomic E-state index is 10.5. The molecule has 3 aliphatic rings. The predicted octanol–water partition coefficient (Wildman–Crippen LogP) is -7.57. The number of hydrogen-bond acceptors (Lipinski definition) is 16. The van der Waals surface area contributed by atoms with Crippen LogP contribution in [0.1, 0.15) is 0 Å². The Morgan fingerprint density at radius 1 is 0.676 bits per heavy atom. The van der Waals surface area contributed by atoms with Crippen LogP contribution in [0.3, 0.4) is 0 Å². The zero-order valence-corrected chi connectivity index (χ0v) is 17.9. The summed E-state index contributed by atoms with van der Waals surface area (Å²) in [6.07, 6.45) is -14.9. The van der Waals surface area contributed by atoms with Crippen LogP contribution < -0.4 is 0 Å². The molecule has 11 N–H and O–H groups in total. The summed E-state index contributed by atoms with van der Waals surface area (Å²) in [5, 5.41) is 109. The van der Waals surface area contributed by atoms with Gasteiger partial charge < -0.3 is 79.9 Å². The van der Waals surface area contributed by atoms with Crippen molar-refractivity contribution in [2.45, 2.75) is 72.3 Å². The van der Waals surface area contributed by atoms with Gasteiger partial charge >= 0.3 is 0 Å². The van der Waals surface area contributed by atoms with Gasteiger partial charge in [-0.2, -0.15) is 0 Å². The first-order valence-corrected chi connectivity index (χ1v) is 10.5. The molecule has 0 amide bonds. The van der Waals surface area contributed by atoms with Crippen LogP contribution in [0.4, 0.5) is 0 Å². The summed E-state index contributed by atoms with van der Waals surface area (Å²) >= 11 is 0. The number of aliphatic hydroxyl groups is 11. The van der Waals surface area contributed by atoms with Crippen molar-refractivity contribution in [3.05, 3.63) is 0 Å². The Bertz CT molecular complexity index is 684. The fourth-order valence-electron chi connectivity index (χ4n) is 4.15. The number of rotatable bonds is 10. The van der Waals surface area contributed by atoms with Crippen LogP contribution in [0.5, 0.6) is 0 Å². The molecule has 34 heavy (non-hydrogen) atoms. The first-order chi connectivity index (χ1) is 15.9. The molecule has 200 valence electrons. The molecule has 16 nitrogen and oxygen atoms in total. The van der Waals surface area contributed by atoms with Crippen molar-refractivity contribution < 1.29 is 79.9 Å². The summed E-state index contributed by atoms with van der Waals surface area (Å²) in [6, 6.07) is 0. The highest BCUT2D eigenvalue weighted by Crippen LogP contribution is 2.37. The van der Waals surface area contributed by atoms with E-state index in [4.69, 9.17) is 28.8 Å². The first kappa shape index (κ1) is 27.9. The van der Waals surface area contributed by atoms with Crippen LogP contribution in [0.2, 0.25) is 0 Å². The molecule has 0 aromatic rings. The normalized spacial score (nSPS) is 51.4. The fourth-order valence-corrected chi connectivity index (χ4v) is 4.15. The molecule has 3 aliphatic heterocycles. The van der Waals surface area contributed by atoms with E-state index in [1.807, 2.05) is 0 Å². The first-order valence-electron chi connectivity index (χ1n) is 10.5. The lowest BCUT2D eigenvalue weighted by Gasteiger charge is -2.32. The molecule has 12 atom stereocenters. The summed E-state index contributed by atoms with van der Waals surface area (Å²) in [5.74, 6) is -4.69. The Labute approximate surface area is 192 Å². The fraction of sp³-hybridized carbons (Fsp3) is 1.00. The quantitative estimate of drug-likeness (QED) is 0.132. The van der Waals surface area contributed by atoms with E-state index in [9.17, 15) is 51.1 Å². The van der Waals surface area contributed by atoms with Crippen LogP contribution >= 0.6 is 0 Å². The van der Waals surface area contributed by atoms with Gasteiger partial charge in [-0.15, -0.1) is 0 Å². The molecule has 0 bridgehead atoms. The Kier molecular flexibility index (Phi) is 8.53. The van der Waals surface area contributed by atoms with Crippen LogP contribution in [-0.2, 0) is 23.7 Å². The van der Waals surface area contributed by atoms with Gasteiger partial charge in [0.15, 0.2) is 6.29 Å². The number of ether oxygens (including phenoxy) is 5. The zero-order valence-electron chi connectivity index (χ0n) is 17.9. The maximum Gasteiger partial charge on any atom is 0.221 e. The van der Waals surface area contributed by atoms with Crippen molar-refractivity contribution in [1.29, 1.82) is 0 Å². The highest BCUT2D eigenvalue weighted by molar-refractivity contribution is 5.04. The van der Waals surface area contributed by atoms with Gasteiger partial charge in [-0.05, 0) is 0 Å². The lowest BCUT2D eigenvalue weighted by atomic mass is 9.96. The van der Waals surface area contributed by atoms with E-state index in [1.165, 1.54) is 0 Å². The van der Waals surface area contributed by atoms with Crippen molar-refractivity contribution >= 4 is 0 Å². The van der Waals surface area contributed by atoms with Crippen LogP contribution in [0, 0.1) is 0 Å². The summed E-state index contributed by atoms with van der Waals surface area (Å²) in [7, 11) is 0. The molecule has 16 heteroatoms. The Morgan fingerprint density at radius 3 is 1.82 bits per heavy atom. The maximum absolute atomic E-state index is 10.5. The monoisotopic (exact) mass is 504 g/mol. The lowest BCUT2D eigenvalue weighted by Crippen LogP contribution is -2.51. The van der Waals surface area contributed by atoms with Gasteiger partial charge in [-0.3, -0.25) is 0 Å². The van der Waals surface area contributed by atoms with Crippen LogP contribution in [0.25, 0.3) is 0 Å². The molecule has 0 saturated carbocycles. The predicted molar refractivity (Wildman–Crippen MR) is 101 cm³/mol. The van der Waals surface area contributed by atoms with Gasteiger partial charge in [-0.1, -0.05) is 0 Å². The molecule has 0 aliphatic carbocycles. The SMILES string of the molecule is OCC1OC(CO)(OCC2OC(CO)(COC3OC(O)(CO)C(O)C3O)C(O)C2O)C(O)C1O. The molecule has 12 unspecified atom stereocenters. The average Bonchev–Trinajstić information content (AvgIpc) is 3.33. The average molecular weight is 504 g/mol. The minimum absolute atomic E-state index is 0.631. The molecule has 3 heterocycles. The van der Waals surface area contributed by atoms with Crippen molar-refractivity contribution in [3.8, 4) is 0 Å². The summed E-state index contributed by atoms with van der Waals surface area (Å²) in [5.41, 5.74) is -2.00. The van der Waals surface area contributed by atoms with E-state index >= 15 is 0 Å². The van der Waals surface area contributed by atoms with Crippen LogP contribution in [0.15, 0.2) is 0 Å². The van der Waals surface area contributed by atoms with Gasteiger partial charge in [0.25, 0.3) is 0 Å². The van der Waals surface area contributed by atoms with Gasteiger partial charge in [0.1, 0.15) is 61.0 Å². The van der Waals surface area contributed by atoms with Crippen molar-refractivity contribution in [3.63, 3.8) is 0 Å². The minimum Gasteiger partial charge on any atom is -0.394 e. The molecular formula is C18H32O16. The molecule has 3 saturated heterocycles. The van der Waals surface area contributed by atoms with Crippen molar-refractivity contribution in [2.24, 2.45) is 0 Å². The molecule has 0 aromatic carbocycles. The minimum atomic E-state index is -2.51. The smallest absolute Gasteiger partial charge is 0.221 e. The van der Waals surface area contributed by atoms with Crippen molar-refractivity contribution in [2.75, 3.05) is 39.6 Å². The second-order valence-electron chi connectivity index (χ2n) is 8.61. The van der Waals surface area contributed by atoms with E-state index < -0.39 is 112 Å². The van der Waals surface area contributed by atoms with Crippen molar-refractivity contribution in [1.82, 2.24) is 0 Å². The van der Waals surface area contributed by atoms with E-state index in [2.05, 4.69) is 0 Å². The topological polar surface area (TPSA) is 269 Å². The Hall–Kier alpha value is -0.640. The summed E-state index contributed by atoms with van der Waals surface area (Å²) in [4.78, 5) is 0. The molecular weight excluding hydrogens is 472 g/mol. The molecule has 3 rings (SSSR count). The van der Waals surface area contributed by atoms with E-state index in [0.29, 0.717) is 0 Å². The third-order valence-electron chi connectivity index (χ3n) is 6.40. The highest BCUT2D eigenvalue weighted by Gasteiger charge is 2.59. The third-order valence-corrected chi connectivity index (χ3v) is 6.40. The van der Waals surface area contributed by atoms with E-state index in [-0.39, 0.29) is 0 Å². The van der Waals surface area contributed by atoms with Gasteiger partial charge in [0.05, 0.1) is 33.0 Å². The van der Waals surface area contributed by atoms with Crippen LogP contribution in [-0.4, -0.2) is 168 Å². The third kappa shape index (κ3) is 4.59. The largest absolute Gasteiger partial charge is 0.394 e. The zero-order chi connectivity index (χ0) is 25.5. The second kappa shape index (κ2) is 10.4. The molecule has 0 spiro atoms. The number of hydrogen-bond donors (Lipinski definition) is 11. The van der Waals surface area contributed by atoms with Gasteiger partial charge in [0, 0.05) is 0 Å². The van der Waals surface area contributed by atoms with Gasteiger partial charge in [-0.25, -0.2) is 0 Å². The van der Waals surface area contributed by atoms with E-state index in [0.717, 1.165) is 0 Å². The molecule has 3 fully saturated rings. The molecule has 0 aromatic heterocycles. The standard InChI is InChI=1S/C18H32O16/c19-1-7-9(23)14(28)18(5-22,33-7)31-2-8-10(24)12(26)16(3-20,32-8)6-30-15-11(25)13(27)17(29,4-21)34-15/h7-15,19-29H,1-6H2. The summed E-state index contributed by atoms with van der Waals surface area (Å²) < 4.78 is 26.3. The van der Waals surface area contributed by atoms with Gasteiger partial charge in [0.2, 0.25) is 11.6 Å². The Morgan fingerprint density at radius 2 is 1.32 bits per heavy atom. The number of aliphatic hydroxyl groups excluding tert-OH is 10. The Balaban J connectivity index is 1.65. The lowest BCUT2D eigenvalue weighted by molar-refractivity contribution is -0.297.